The molecule has 21 heavy (non-hydrogen) atoms. The number of aromatic nitrogens is 2. The van der Waals surface area contributed by atoms with E-state index in [-0.39, 0.29) is 35.3 Å². The summed E-state index contributed by atoms with van der Waals surface area (Å²) in [5.74, 6) is 0.0913. The number of carbonyl (C=O) groups excluding carboxylic acids is 1. The molecule has 2 N–H and O–H groups in total. The zero-order valence-electron chi connectivity index (χ0n) is 11.1. The molecule has 1 fully saturated rings. The van der Waals surface area contributed by atoms with Crippen molar-refractivity contribution in [2.24, 2.45) is 5.92 Å². The molecule has 1 aromatic carbocycles. The Labute approximate surface area is 120 Å². The molecule has 0 aliphatic heterocycles. The SMILES string of the molecule is O=C(NCCNS(=O)(=O)c1cccc2nonc12)C1CC1. The van der Waals surface area contributed by atoms with Gasteiger partial charge in [0.05, 0.1) is 0 Å². The van der Waals surface area contributed by atoms with Gasteiger partial charge in [-0.2, -0.15) is 0 Å². The molecule has 0 saturated heterocycles. The number of hydrogen-bond donors (Lipinski definition) is 2. The average molecular weight is 310 g/mol. The van der Waals surface area contributed by atoms with E-state index in [1.165, 1.54) is 6.07 Å². The van der Waals surface area contributed by atoms with Crippen LogP contribution < -0.4 is 10.0 Å². The normalized spacial score (nSPS) is 15.2. The van der Waals surface area contributed by atoms with Crippen LogP contribution in [0.3, 0.4) is 0 Å². The first-order chi connectivity index (χ1) is 10.1. The fourth-order valence-electron chi connectivity index (χ4n) is 1.94. The van der Waals surface area contributed by atoms with Gasteiger partial charge in [-0.3, -0.25) is 4.79 Å². The van der Waals surface area contributed by atoms with Crippen molar-refractivity contribution in [2.75, 3.05) is 13.1 Å². The smallest absolute Gasteiger partial charge is 0.242 e. The monoisotopic (exact) mass is 310 g/mol. The summed E-state index contributed by atoms with van der Waals surface area (Å²) in [6.07, 6.45) is 1.83. The van der Waals surface area contributed by atoms with Crippen LogP contribution in [0.15, 0.2) is 27.7 Å². The van der Waals surface area contributed by atoms with Crippen LogP contribution in [-0.2, 0) is 14.8 Å². The minimum Gasteiger partial charge on any atom is -0.355 e. The van der Waals surface area contributed by atoms with Gasteiger partial charge in [0.25, 0.3) is 0 Å². The second kappa shape index (κ2) is 5.41. The average Bonchev–Trinajstić information content (AvgIpc) is 3.20. The Balaban J connectivity index is 1.63. The molecule has 0 atom stereocenters. The van der Waals surface area contributed by atoms with Gasteiger partial charge >= 0.3 is 0 Å². The first-order valence-corrected chi connectivity index (χ1v) is 8.05. The predicted molar refractivity (Wildman–Crippen MR) is 72.7 cm³/mol. The number of benzene rings is 1. The molecule has 112 valence electrons. The molecule has 0 unspecified atom stereocenters. The Morgan fingerprint density at radius 1 is 1.29 bits per heavy atom. The lowest BCUT2D eigenvalue weighted by Gasteiger charge is -2.07. The van der Waals surface area contributed by atoms with Gasteiger partial charge in [-0.25, -0.2) is 17.8 Å². The fraction of sp³-hybridized carbons (Fsp3) is 0.417. The second-order valence-corrected chi connectivity index (χ2v) is 6.59. The highest BCUT2D eigenvalue weighted by molar-refractivity contribution is 7.89. The highest BCUT2D eigenvalue weighted by Gasteiger charge is 2.29. The summed E-state index contributed by atoms with van der Waals surface area (Å²) in [6.45, 7) is 0.365. The summed E-state index contributed by atoms with van der Waals surface area (Å²) in [6, 6.07) is 4.61. The van der Waals surface area contributed by atoms with Crippen molar-refractivity contribution in [3.05, 3.63) is 18.2 Å². The van der Waals surface area contributed by atoms with Crippen LogP contribution in [0.1, 0.15) is 12.8 Å². The van der Waals surface area contributed by atoms with Gasteiger partial charge < -0.3 is 5.32 Å². The Kier molecular flexibility index (Phi) is 3.60. The molecule has 1 aromatic heterocycles. The van der Waals surface area contributed by atoms with Gasteiger partial charge in [-0.05, 0) is 35.3 Å². The zero-order valence-corrected chi connectivity index (χ0v) is 11.9. The third-order valence-corrected chi connectivity index (χ3v) is 4.70. The van der Waals surface area contributed by atoms with E-state index in [4.69, 9.17) is 0 Å². The number of carbonyl (C=O) groups is 1. The lowest BCUT2D eigenvalue weighted by Crippen LogP contribution is -2.35. The molecule has 1 heterocycles. The Morgan fingerprint density at radius 3 is 2.86 bits per heavy atom. The summed E-state index contributed by atoms with van der Waals surface area (Å²) in [5.41, 5.74) is 0.562. The molecule has 1 amide bonds. The Hall–Kier alpha value is -2.00. The molecule has 0 bridgehead atoms. The highest BCUT2D eigenvalue weighted by Crippen LogP contribution is 2.28. The summed E-state index contributed by atoms with van der Waals surface area (Å²) >= 11 is 0. The third-order valence-electron chi connectivity index (χ3n) is 3.20. The van der Waals surface area contributed by atoms with Crippen molar-refractivity contribution in [3.8, 4) is 0 Å². The zero-order chi connectivity index (χ0) is 14.9. The molecule has 9 heteroatoms. The van der Waals surface area contributed by atoms with E-state index in [0.29, 0.717) is 5.52 Å². The van der Waals surface area contributed by atoms with E-state index in [0.717, 1.165) is 12.8 Å². The van der Waals surface area contributed by atoms with Crippen molar-refractivity contribution in [1.29, 1.82) is 0 Å². The van der Waals surface area contributed by atoms with Gasteiger partial charge in [-0.1, -0.05) is 6.07 Å². The fourth-order valence-corrected chi connectivity index (χ4v) is 3.12. The van der Waals surface area contributed by atoms with E-state index >= 15 is 0 Å². The van der Waals surface area contributed by atoms with E-state index in [1.54, 1.807) is 12.1 Å². The topological polar surface area (TPSA) is 114 Å². The number of nitrogens with zero attached hydrogens (tertiary/aromatic N) is 2. The molecule has 1 aliphatic carbocycles. The first-order valence-electron chi connectivity index (χ1n) is 6.56. The molecule has 1 aliphatic rings. The second-order valence-electron chi connectivity index (χ2n) is 4.85. The Morgan fingerprint density at radius 2 is 2.10 bits per heavy atom. The molecule has 8 nitrogen and oxygen atoms in total. The number of hydrogen-bond acceptors (Lipinski definition) is 6. The van der Waals surface area contributed by atoms with E-state index in [9.17, 15) is 13.2 Å². The number of fused-ring (bicyclic) bond motifs is 1. The van der Waals surface area contributed by atoms with Gasteiger partial charge in [0.1, 0.15) is 10.4 Å². The molecule has 3 rings (SSSR count). The number of amides is 1. The third kappa shape index (κ3) is 3.03. The van der Waals surface area contributed by atoms with Crippen molar-refractivity contribution < 1.29 is 17.8 Å². The van der Waals surface area contributed by atoms with Crippen molar-refractivity contribution in [2.45, 2.75) is 17.7 Å². The maximum absolute atomic E-state index is 12.2. The molecular formula is C12H14N4O4S. The minimum atomic E-state index is -3.72. The summed E-state index contributed by atoms with van der Waals surface area (Å²) < 4.78 is 31.4. The van der Waals surface area contributed by atoms with Crippen molar-refractivity contribution >= 4 is 27.0 Å². The maximum atomic E-state index is 12.2. The van der Waals surface area contributed by atoms with E-state index in [2.05, 4.69) is 25.0 Å². The molecule has 2 aromatic rings. The van der Waals surface area contributed by atoms with Crippen LogP contribution in [0, 0.1) is 5.92 Å². The van der Waals surface area contributed by atoms with Gasteiger partial charge in [0.15, 0.2) is 5.52 Å². The summed E-state index contributed by atoms with van der Waals surface area (Å²) in [5, 5.41) is 9.89. The van der Waals surface area contributed by atoms with Gasteiger partial charge in [0.2, 0.25) is 15.9 Å². The lowest BCUT2D eigenvalue weighted by molar-refractivity contribution is -0.122. The maximum Gasteiger partial charge on any atom is 0.242 e. The Bertz CT molecular complexity index is 766. The minimum absolute atomic E-state index is 0.00905. The quantitative estimate of drug-likeness (QED) is 0.727. The van der Waals surface area contributed by atoms with Crippen molar-refractivity contribution in [1.82, 2.24) is 20.4 Å². The molecule has 1 saturated carbocycles. The van der Waals surface area contributed by atoms with Crippen LogP contribution in [-0.4, -0.2) is 37.7 Å². The summed E-state index contributed by atoms with van der Waals surface area (Å²) in [4.78, 5) is 11.4. The molecule has 0 radical (unpaired) electrons. The molecule has 0 spiro atoms. The summed E-state index contributed by atoms with van der Waals surface area (Å²) in [7, 11) is -3.72. The highest BCUT2D eigenvalue weighted by atomic mass is 32.2. The number of rotatable bonds is 6. The lowest BCUT2D eigenvalue weighted by atomic mass is 10.3. The van der Waals surface area contributed by atoms with Crippen LogP contribution in [0.4, 0.5) is 0 Å². The molecular weight excluding hydrogens is 296 g/mol. The van der Waals surface area contributed by atoms with Gasteiger partial charge in [0, 0.05) is 19.0 Å². The number of sulfonamides is 1. The largest absolute Gasteiger partial charge is 0.355 e. The van der Waals surface area contributed by atoms with Crippen molar-refractivity contribution in [3.63, 3.8) is 0 Å². The first kappa shape index (κ1) is 14.0. The van der Waals surface area contributed by atoms with Crippen LogP contribution in [0.25, 0.3) is 11.0 Å². The van der Waals surface area contributed by atoms with Crippen LogP contribution >= 0.6 is 0 Å². The van der Waals surface area contributed by atoms with Crippen LogP contribution in [0.5, 0.6) is 0 Å². The standard InChI is InChI=1S/C12H14N4O4S/c17-12(8-4-5-8)13-6-7-14-21(18,19)10-3-1-2-9-11(10)16-20-15-9/h1-3,8,14H,4-7H2,(H,13,17). The predicted octanol–water partition coefficient (Wildman–Crippen LogP) is 0.0273. The number of nitrogens with one attached hydrogen (secondary N) is 2. The van der Waals surface area contributed by atoms with Crippen LogP contribution in [0.2, 0.25) is 0 Å². The van der Waals surface area contributed by atoms with Gasteiger partial charge in [-0.15, -0.1) is 0 Å². The van der Waals surface area contributed by atoms with E-state index in [1.807, 2.05) is 0 Å². The van der Waals surface area contributed by atoms with E-state index < -0.39 is 10.0 Å².